The normalized spacial score (nSPS) is 15.2. The van der Waals surface area contributed by atoms with Gasteiger partial charge in [0.25, 0.3) is 0 Å². The second-order valence-electron chi connectivity index (χ2n) is 5.95. The van der Waals surface area contributed by atoms with E-state index in [9.17, 15) is 9.18 Å². The maximum Gasteiger partial charge on any atom is 0.242 e. The molecule has 1 aromatic rings. The second-order valence-corrected chi connectivity index (χ2v) is 5.95. The number of nitrogens with zero attached hydrogens (tertiary/aromatic N) is 1. The summed E-state index contributed by atoms with van der Waals surface area (Å²) < 4.78 is 13.3. The number of carbonyl (C=O) groups is 1. The predicted molar refractivity (Wildman–Crippen MR) is 77.7 cm³/mol. The van der Waals surface area contributed by atoms with E-state index in [1.165, 1.54) is 12.1 Å². The van der Waals surface area contributed by atoms with E-state index in [-0.39, 0.29) is 11.7 Å². The minimum absolute atomic E-state index is 0.0890. The Kier molecular flexibility index (Phi) is 4.43. The van der Waals surface area contributed by atoms with Crippen molar-refractivity contribution in [3.8, 4) is 0 Å². The molecule has 110 valence electrons. The highest BCUT2D eigenvalue weighted by Gasteiger charge is 2.39. The van der Waals surface area contributed by atoms with Crippen LogP contribution in [0.1, 0.15) is 39.2 Å². The summed E-state index contributed by atoms with van der Waals surface area (Å²) in [5.41, 5.74) is 0.266. The maximum atomic E-state index is 13.3. The minimum atomic E-state index is -0.579. The number of hydrogen-bond donors (Lipinski definition) is 1. The van der Waals surface area contributed by atoms with Crippen LogP contribution in [0.15, 0.2) is 24.3 Å². The van der Waals surface area contributed by atoms with Crippen molar-refractivity contribution in [1.82, 2.24) is 10.2 Å². The van der Waals surface area contributed by atoms with Crippen LogP contribution < -0.4 is 5.32 Å². The van der Waals surface area contributed by atoms with Gasteiger partial charge < -0.3 is 10.2 Å². The zero-order valence-electron chi connectivity index (χ0n) is 12.4. The molecule has 2 rings (SSSR count). The molecule has 3 nitrogen and oxygen atoms in total. The van der Waals surface area contributed by atoms with Crippen LogP contribution in [0.4, 0.5) is 4.39 Å². The van der Waals surface area contributed by atoms with Gasteiger partial charge in [0.1, 0.15) is 5.82 Å². The first-order valence-corrected chi connectivity index (χ1v) is 7.24. The smallest absolute Gasteiger partial charge is 0.242 e. The van der Waals surface area contributed by atoms with Crippen LogP contribution in [0.3, 0.4) is 0 Å². The summed E-state index contributed by atoms with van der Waals surface area (Å²) in [7, 11) is 0. The summed E-state index contributed by atoms with van der Waals surface area (Å²) in [5.74, 6) is -0.164. The fourth-order valence-electron chi connectivity index (χ4n) is 2.46. The number of likely N-dealkylation sites (N-methyl/N-ethyl adjacent to an activating group) is 1. The number of halogens is 1. The van der Waals surface area contributed by atoms with Gasteiger partial charge in [0.2, 0.25) is 5.91 Å². The number of amides is 1. The highest BCUT2D eigenvalue weighted by Crippen LogP contribution is 2.30. The van der Waals surface area contributed by atoms with Crippen LogP contribution in [-0.2, 0) is 11.3 Å². The average Bonchev–Trinajstić information content (AvgIpc) is 3.19. The first kappa shape index (κ1) is 15.0. The maximum absolute atomic E-state index is 13.3. The Balaban J connectivity index is 2.13. The predicted octanol–water partition coefficient (Wildman–Crippen LogP) is 2.70. The standard InChI is InChI=1S/C16H23FN2O/c1-4-18-16(2,3)15(20)19(14-8-9-14)11-12-6-5-7-13(17)10-12/h5-7,10,14,18H,4,8-9,11H2,1-3H3. The molecule has 0 atom stereocenters. The van der Waals surface area contributed by atoms with E-state index in [2.05, 4.69) is 5.32 Å². The van der Waals surface area contributed by atoms with Crippen LogP contribution >= 0.6 is 0 Å². The van der Waals surface area contributed by atoms with Gasteiger partial charge in [-0.05, 0) is 50.9 Å². The summed E-state index contributed by atoms with van der Waals surface area (Å²) in [6, 6.07) is 6.80. The topological polar surface area (TPSA) is 32.3 Å². The highest BCUT2D eigenvalue weighted by atomic mass is 19.1. The third kappa shape index (κ3) is 3.57. The Labute approximate surface area is 120 Å². The van der Waals surface area contributed by atoms with Gasteiger partial charge in [-0.25, -0.2) is 4.39 Å². The zero-order chi connectivity index (χ0) is 14.8. The van der Waals surface area contributed by atoms with Crippen molar-refractivity contribution in [1.29, 1.82) is 0 Å². The third-order valence-corrected chi connectivity index (χ3v) is 3.64. The molecule has 1 aromatic carbocycles. The Bertz CT molecular complexity index is 483. The summed E-state index contributed by atoms with van der Waals surface area (Å²) in [6.45, 7) is 7.02. The molecule has 1 amide bonds. The van der Waals surface area contributed by atoms with Gasteiger partial charge in [0.05, 0.1) is 5.54 Å². The minimum Gasteiger partial charge on any atom is -0.334 e. The van der Waals surface area contributed by atoms with Crippen molar-refractivity contribution in [2.75, 3.05) is 6.54 Å². The zero-order valence-corrected chi connectivity index (χ0v) is 12.4. The van der Waals surface area contributed by atoms with E-state index in [4.69, 9.17) is 0 Å². The van der Waals surface area contributed by atoms with Gasteiger partial charge in [0, 0.05) is 12.6 Å². The van der Waals surface area contributed by atoms with Crippen LogP contribution in [-0.4, -0.2) is 28.9 Å². The lowest BCUT2D eigenvalue weighted by molar-refractivity contribution is -0.138. The van der Waals surface area contributed by atoms with Gasteiger partial charge in [0.15, 0.2) is 0 Å². The van der Waals surface area contributed by atoms with E-state index in [0.717, 1.165) is 24.9 Å². The molecule has 1 fully saturated rings. The highest BCUT2D eigenvalue weighted by molar-refractivity contribution is 5.86. The quantitative estimate of drug-likeness (QED) is 0.867. The molecular weight excluding hydrogens is 255 g/mol. The Hall–Kier alpha value is -1.42. The summed E-state index contributed by atoms with van der Waals surface area (Å²) in [4.78, 5) is 14.6. The summed E-state index contributed by atoms with van der Waals surface area (Å²) >= 11 is 0. The van der Waals surface area contributed by atoms with Gasteiger partial charge in [-0.3, -0.25) is 4.79 Å². The third-order valence-electron chi connectivity index (χ3n) is 3.64. The lowest BCUT2D eigenvalue weighted by atomic mass is 10.0. The Morgan fingerprint density at radius 2 is 2.15 bits per heavy atom. The largest absolute Gasteiger partial charge is 0.334 e. The molecule has 0 spiro atoms. The molecule has 0 heterocycles. The Morgan fingerprint density at radius 3 is 2.70 bits per heavy atom. The number of carbonyl (C=O) groups excluding carboxylic acids is 1. The first-order valence-electron chi connectivity index (χ1n) is 7.24. The monoisotopic (exact) mass is 278 g/mol. The molecule has 1 saturated carbocycles. The average molecular weight is 278 g/mol. The molecule has 0 saturated heterocycles. The molecule has 0 unspecified atom stereocenters. The number of benzene rings is 1. The van der Waals surface area contributed by atoms with E-state index in [1.54, 1.807) is 6.07 Å². The molecule has 0 aromatic heterocycles. The first-order chi connectivity index (χ1) is 9.44. The molecule has 0 aliphatic heterocycles. The van der Waals surface area contributed by atoms with Crippen LogP contribution in [0.2, 0.25) is 0 Å². The molecule has 1 N–H and O–H groups in total. The van der Waals surface area contributed by atoms with E-state index in [0.29, 0.717) is 12.6 Å². The lowest BCUT2D eigenvalue weighted by Crippen LogP contribution is -2.54. The van der Waals surface area contributed by atoms with Crippen LogP contribution in [0.5, 0.6) is 0 Å². The van der Waals surface area contributed by atoms with Crippen molar-refractivity contribution in [3.63, 3.8) is 0 Å². The molecule has 20 heavy (non-hydrogen) atoms. The van der Waals surface area contributed by atoms with Gasteiger partial charge >= 0.3 is 0 Å². The number of hydrogen-bond acceptors (Lipinski definition) is 2. The fourth-order valence-corrected chi connectivity index (χ4v) is 2.46. The molecule has 1 aliphatic rings. The summed E-state index contributed by atoms with van der Waals surface area (Å²) in [5, 5.41) is 3.22. The number of rotatable bonds is 6. The second kappa shape index (κ2) is 5.92. The van der Waals surface area contributed by atoms with E-state index >= 15 is 0 Å². The van der Waals surface area contributed by atoms with Gasteiger partial charge in [-0.2, -0.15) is 0 Å². The molecular formula is C16H23FN2O. The van der Waals surface area contributed by atoms with E-state index < -0.39 is 5.54 Å². The van der Waals surface area contributed by atoms with E-state index in [1.807, 2.05) is 31.7 Å². The fraction of sp³-hybridized carbons (Fsp3) is 0.562. The summed E-state index contributed by atoms with van der Waals surface area (Å²) in [6.07, 6.45) is 2.09. The van der Waals surface area contributed by atoms with Crippen molar-refractivity contribution in [3.05, 3.63) is 35.6 Å². The van der Waals surface area contributed by atoms with Crippen LogP contribution in [0, 0.1) is 5.82 Å². The molecule has 4 heteroatoms. The van der Waals surface area contributed by atoms with Gasteiger partial charge in [-0.15, -0.1) is 0 Å². The molecule has 0 bridgehead atoms. The Morgan fingerprint density at radius 1 is 1.45 bits per heavy atom. The number of nitrogens with one attached hydrogen (secondary N) is 1. The molecule has 0 radical (unpaired) electrons. The lowest BCUT2D eigenvalue weighted by Gasteiger charge is -2.32. The molecule has 1 aliphatic carbocycles. The van der Waals surface area contributed by atoms with Crippen molar-refractivity contribution >= 4 is 5.91 Å². The van der Waals surface area contributed by atoms with Crippen molar-refractivity contribution in [2.24, 2.45) is 0 Å². The van der Waals surface area contributed by atoms with Gasteiger partial charge in [-0.1, -0.05) is 19.1 Å². The van der Waals surface area contributed by atoms with Crippen LogP contribution in [0.25, 0.3) is 0 Å². The SMILES string of the molecule is CCNC(C)(C)C(=O)N(Cc1cccc(F)c1)C1CC1. The van der Waals surface area contributed by atoms with Crippen molar-refractivity contribution in [2.45, 2.75) is 51.7 Å². The van der Waals surface area contributed by atoms with Crippen molar-refractivity contribution < 1.29 is 9.18 Å².